The molecule has 0 unspecified atom stereocenters. The quantitative estimate of drug-likeness (QED) is 0.856. The SMILES string of the molecule is N=C1S[C@H]2CS(=O)(=O)C[C@H]2N1c1ccc(Cl)c(Cl)c1. The highest BCUT2D eigenvalue weighted by Crippen LogP contribution is 2.41. The molecule has 19 heavy (non-hydrogen) atoms. The average molecular weight is 337 g/mol. The van der Waals surface area contributed by atoms with E-state index >= 15 is 0 Å². The summed E-state index contributed by atoms with van der Waals surface area (Å²) in [6.07, 6.45) is 0. The van der Waals surface area contributed by atoms with E-state index in [0.717, 1.165) is 5.69 Å². The van der Waals surface area contributed by atoms with Gasteiger partial charge in [-0.25, -0.2) is 8.42 Å². The summed E-state index contributed by atoms with van der Waals surface area (Å²) >= 11 is 13.2. The molecule has 0 bridgehead atoms. The third kappa shape index (κ3) is 2.35. The van der Waals surface area contributed by atoms with Crippen LogP contribution in [-0.4, -0.2) is 36.4 Å². The van der Waals surface area contributed by atoms with Gasteiger partial charge in [0.05, 0.1) is 27.6 Å². The Balaban J connectivity index is 1.99. The third-order valence-electron chi connectivity index (χ3n) is 3.27. The molecule has 0 amide bonds. The summed E-state index contributed by atoms with van der Waals surface area (Å²) in [5, 5.41) is 9.16. The Hall–Kier alpha value is -0.430. The van der Waals surface area contributed by atoms with E-state index in [9.17, 15) is 8.42 Å². The van der Waals surface area contributed by atoms with Gasteiger partial charge in [0.15, 0.2) is 15.0 Å². The predicted octanol–water partition coefficient (Wildman–Crippen LogP) is 2.65. The molecule has 4 nitrogen and oxygen atoms in total. The van der Waals surface area contributed by atoms with Crippen molar-refractivity contribution < 1.29 is 8.42 Å². The molecule has 2 saturated heterocycles. The molecule has 1 aromatic carbocycles. The summed E-state index contributed by atoms with van der Waals surface area (Å²) in [5.74, 6) is 0.232. The number of nitrogens with zero attached hydrogens (tertiary/aromatic N) is 1. The first-order chi connectivity index (χ1) is 8.87. The predicted molar refractivity (Wildman–Crippen MR) is 80.5 cm³/mol. The van der Waals surface area contributed by atoms with E-state index in [1.807, 2.05) is 0 Å². The van der Waals surface area contributed by atoms with Crippen molar-refractivity contribution in [3.8, 4) is 0 Å². The lowest BCUT2D eigenvalue weighted by molar-refractivity contribution is 0.601. The second kappa shape index (κ2) is 4.55. The maximum Gasteiger partial charge on any atom is 0.161 e. The fourth-order valence-corrected chi connectivity index (χ4v) is 6.53. The number of nitrogens with one attached hydrogen (secondary N) is 1. The minimum atomic E-state index is -3.01. The zero-order valence-corrected chi connectivity index (χ0v) is 12.8. The molecule has 2 atom stereocenters. The second-order valence-electron chi connectivity index (χ2n) is 4.57. The van der Waals surface area contributed by atoms with Crippen molar-refractivity contribution in [3.63, 3.8) is 0 Å². The molecule has 2 fully saturated rings. The number of fused-ring (bicyclic) bond motifs is 1. The van der Waals surface area contributed by atoms with Gasteiger partial charge in [-0.15, -0.1) is 0 Å². The summed E-state index contributed by atoms with van der Waals surface area (Å²) in [6, 6.07) is 4.91. The largest absolute Gasteiger partial charge is 0.316 e. The highest BCUT2D eigenvalue weighted by Gasteiger charge is 2.48. The summed E-state index contributed by atoms with van der Waals surface area (Å²) in [5.41, 5.74) is 0.719. The lowest BCUT2D eigenvalue weighted by Gasteiger charge is -2.24. The molecule has 2 heterocycles. The Kier molecular flexibility index (Phi) is 3.24. The molecule has 8 heteroatoms. The van der Waals surface area contributed by atoms with Crippen molar-refractivity contribution in [1.29, 1.82) is 5.41 Å². The standard InChI is InChI=1S/C11H10Cl2N2O2S2/c12-7-2-1-6(3-8(7)13)15-9-4-19(16,17)5-10(9)18-11(15)14/h1-3,9-10,14H,4-5H2/t9-,10+/m1/s1. The van der Waals surface area contributed by atoms with Crippen molar-refractivity contribution in [1.82, 2.24) is 0 Å². The third-order valence-corrected chi connectivity index (χ3v) is 7.14. The molecule has 0 spiro atoms. The van der Waals surface area contributed by atoms with Crippen LogP contribution in [0.1, 0.15) is 0 Å². The van der Waals surface area contributed by atoms with E-state index < -0.39 is 9.84 Å². The smallest absolute Gasteiger partial charge is 0.161 e. The van der Waals surface area contributed by atoms with E-state index in [1.165, 1.54) is 11.8 Å². The molecule has 2 aliphatic rings. The van der Waals surface area contributed by atoms with E-state index in [1.54, 1.807) is 23.1 Å². The first-order valence-corrected chi connectivity index (χ1v) is 9.03. The number of halogens is 2. The molecule has 2 aliphatic heterocycles. The van der Waals surface area contributed by atoms with Gasteiger partial charge in [-0.1, -0.05) is 35.0 Å². The van der Waals surface area contributed by atoms with E-state index in [0.29, 0.717) is 15.2 Å². The first-order valence-electron chi connectivity index (χ1n) is 5.57. The second-order valence-corrected chi connectivity index (χ2v) is 8.77. The van der Waals surface area contributed by atoms with Gasteiger partial charge in [0.25, 0.3) is 0 Å². The van der Waals surface area contributed by atoms with Gasteiger partial charge >= 0.3 is 0 Å². The van der Waals surface area contributed by atoms with Crippen LogP contribution >= 0.6 is 35.0 Å². The van der Waals surface area contributed by atoms with Crippen LogP contribution in [0.2, 0.25) is 10.0 Å². The number of hydrogen-bond acceptors (Lipinski definition) is 4. The van der Waals surface area contributed by atoms with E-state index in [-0.39, 0.29) is 22.8 Å². The number of hydrogen-bond donors (Lipinski definition) is 1. The maximum atomic E-state index is 11.7. The molecular formula is C11H10Cl2N2O2S2. The molecule has 1 aromatic rings. The van der Waals surface area contributed by atoms with Gasteiger partial charge in [-0.3, -0.25) is 5.41 Å². The van der Waals surface area contributed by atoms with Crippen molar-refractivity contribution in [2.75, 3.05) is 16.4 Å². The molecule has 1 N–H and O–H groups in total. The minimum Gasteiger partial charge on any atom is -0.316 e. The monoisotopic (exact) mass is 336 g/mol. The summed E-state index contributed by atoms with van der Waals surface area (Å²) in [7, 11) is -3.01. The van der Waals surface area contributed by atoms with Crippen LogP contribution in [0.4, 0.5) is 5.69 Å². The van der Waals surface area contributed by atoms with Crippen molar-refractivity contribution in [3.05, 3.63) is 28.2 Å². The van der Waals surface area contributed by atoms with Gasteiger partial charge in [0, 0.05) is 10.9 Å². The van der Waals surface area contributed by atoms with E-state index in [4.69, 9.17) is 28.6 Å². The molecular weight excluding hydrogens is 327 g/mol. The number of sulfone groups is 1. The Morgan fingerprint density at radius 3 is 2.68 bits per heavy atom. The lowest BCUT2D eigenvalue weighted by Crippen LogP contribution is -2.37. The van der Waals surface area contributed by atoms with Gasteiger partial charge < -0.3 is 4.90 Å². The highest BCUT2D eigenvalue weighted by molar-refractivity contribution is 8.15. The number of anilines is 1. The summed E-state index contributed by atoms with van der Waals surface area (Å²) < 4.78 is 23.4. The molecule has 0 aromatic heterocycles. The van der Waals surface area contributed by atoms with Crippen molar-refractivity contribution >= 4 is 55.7 Å². The van der Waals surface area contributed by atoms with Crippen LogP contribution in [0.25, 0.3) is 0 Å². The molecule has 0 saturated carbocycles. The van der Waals surface area contributed by atoms with Crippen LogP contribution in [0, 0.1) is 5.41 Å². The summed E-state index contributed by atoms with van der Waals surface area (Å²) in [6.45, 7) is 0. The molecule has 3 rings (SSSR count). The normalized spacial score (nSPS) is 28.7. The number of rotatable bonds is 1. The Labute approximate surface area is 125 Å². The molecule has 102 valence electrons. The van der Waals surface area contributed by atoms with Gasteiger partial charge in [-0.05, 0) is 18.2 Å². The first kappa shape index (κ1) is 13.5. The maximum absolute atomic E-state index is 11.7. The van der Waals surface area contributed by atoms with Crippen LogP contribution in [0.15, 0.2) is 18.2 Å². The fraction of sp³-hybridized carbons (Fsp3) is 0.364. The summed E-state index contributed by atoms with van der Waals surface area (Å²) in [4.78, 5) is 1.74. The number of thioether (sulfide) groups is 1. The fourth-order valence-electron chi connectivity index (χ4n) is 2.44. The number of benzene rings is 1. The van der Waals surface area contributed by atoms with Gasteiger partial charge in [-0.2, -0.15) is 0 Å². The Bertz CT molecular complexity index is 663. The minimum absolute atomic E-state index is 0.0630. The average Bonchev–Trinajstić information content (AvgIpc) is 2.73. The zero-order chi connectivity index (χ0) is 13.8. The van der Waals surface area contributed by atoms with Crippen LogP contribution in [0.3, 0.4) is 0 Å². The topological polar surface area (TPSA) is 61.2 Å². The van der Waals surface area contributed by atoms with Gasteiger partial charge in [0.2, 0.25) is 0 Å². The van der Waals surface area contributed by atoms with Gasteiger partial charge in [0.1, 0.15) is 0 Å². The van der Waals surface area contributed by atoms with Crippen LogP contribution in [-0.2, 0) is 9.84 Å². The molecule has 0 radical (unpaired) electrons. The highest BCUT2D eigenvalue weighted by atomic mass is 35.5. The van der Waals surface area contributed by atoms with E-state index in [2.05, 4.69) is 0 Å². The Morgan fingerprint density at radius 2 is 2.00 bits per heavy atom. The zero-order valence-electron chi connectivity index (χ0n) is 9.64. The number of amidine groups is 1. The Morgan fingerprint density at radius 1 is 1.26 bits per heavy atom. The molecule has 0 aliphatic carbocycles. The lowest BCUT2D eigenvalue weighted by atomic mass is 10.2. The van der Waals surface area contributed by atoms with Crippen molar-refractivity contribution in [2.45, 2.75) is 11.3 Å². The van der Waals surface area contributed by atoms with Crippen molar-refractivity contribution in [2.24, 2.45) is 0 Å². The van der Waals surface area contributed by atoms with Crippen LogP contribution < -0.4 is 4.90 Å². The van der Waals surface area contributed by atoms with Crippen LogP contribution in [0.5, 0.6) is 0 Å².